The van der Waals surface area contributed by atoms with E-state index in [-0.39, 0.29) is 0 Å². The van der Waals surface area contributed by atoms with Crippen molar-refractivity contribution in [2.75, 3.05) is 51.4 Å². The van der Waals surface area contributed by atoms with E-state index in [0.717, 1.165) is 31.1 Å². The zero-order valence-electron chi connectivity index (χ0n) is 11.0. The summed E-state index contributed by atoms with van der Waals surface area (Å²) in [4.78, 5) is 2.11. The highest BCUT2D eigenvalue weighted by Crippen LogP contribution is 2.15. The minimum absolute atomic E-state index is 0.710. The van der Waals surface area contributed by atoms with Crippen molar-refractivity contribution in [2.45, 2.75) is 6.92 Å². The molecule has 0 atom stereocenters. The molecule has 0 heterocycles. The molecule has 0 amide bonds. The highest BCUT2D eigenvalue weighted by Gasteiger charge is 1.96. The van der Waals surface area contributed by atoms with E-state index in [1.165, 1.54) is 5.56 Å². The van der Waals surface area contributed by atoms with E-state index >= 15 is 0 Å². The van der Waals surface area contributed by atoms with E-state index in [1.54, 1.807) is 0 Å². The quantitative estimate of drug-likeness (QED) is 0.558. The predicted octanol–water partition coefficient (Wildman–Crippen LogP) is 1.57. The minimum atomic E-state index is 0.710. The van der Waals surface area contributed by atoms with Crippen molar-refractivity contribution in [1.29, 1.82) is 0 Å². The number of nitrogens with zero attached hydrogens (tertiary/aromatic N) is 1. The zero-order valence-corrected chi connectivity index (χ0v) is 11.0. The molecule has 0 spiro atoms. The average Bonchev–Trinajstić information content (AvgIpc) is 2.21. The zero-order chi connectivity index (χ0) is 12.7. The van der Waals surface area contributed by atoms with Gasteiger partial charge >= 0.3 is 0 Å². The molecule has 1 aromatic carbocycles. The fourth-order valence-electron chi connectivity index (χ4n) is 1.53. The van der Waals surface area contributed by atoms with E-state index in [1.807, 2.05) is 33.2 Å². The number of nitrogen functional groups attached to an aromatic ring is 1. The average molecular weight is 237 g/mol. The van der Waals surface area contributed by atoms with Crippen molar-refractivity contribution in [2.24, 2.45) is 0 Å². The lowest BCUT2D eigenvalue weighted by atomic mass is 10.2. The molecule has 4 nitrogen and oxygen atoms in total. The summed E-state index contributed by atoms with van der Waals surface area (Å²) in [5.41, 5.74) is 8.78. The smallest absolute Gasteiger partial charge is 0.0639 e. The Kier molecular flexibility index (Phi) is 5.80. The van der Waals surface area contributed by atoms with Crippen LogP contribution < -0.4 is 11.1 Å². The first-order chi connectivity index (χ1) is 8.08. The molecule has 1 rings (SSSR count). The van der Waals surface area contributed by atoms with Crippen molar-refractivity contribution in [3.8, 4) is 0 Å². The molecule has 3 N–H and O–H groups in total. The molecule has 0 aliphatic heterocycles. The first-order valence-electron chi connectivity index (χ1n) is 5.91. The number of aryl methyl sites for hydroxylation is 1. The molecule has 0 fully saturated rings. The van der Waals surface area contributed by atoms with Gasteiger partial charge in [0.05, 0.1) is 13.2 Å². The fourth-order valence-corrected chi connectivity index (χ4v) is 1.53. The molecular weight excluding hydrogens is 214 g/mol. The van der Waals surface area contributed by atoms with Gasteiger partial charge in [-0.2, -0.15) is 0 Å². The second kappa shape index (κ2) is 7.14. The van der Waals surface area contributed by atoms with E-state index in [9.17, 15) is 0 Å². The van der Waals surface area contributed by atoms with Gasteiger partial charge in [-0.15, -0.1) is 0 Å². The van der Waals surface area contributed by atoms with Gasteiger partial charge in [-0.1, -0.05) is 0 Å². The molecule has 1 aromatic rings. The van der Waals surface area contributed by atoms with Gasteiger partial charge in [0.1, 0.15) is 0 Å². The second-order valence-electron chi connectivity index (χ2n) is 4.47. The van der Waals surface area contributed by atoms with Crippen molar-refractivity contribution in [1.82, 2.24) is 4.90 Å². The number of nitrogens with two attached hydrogens (primary N) is 1. The Morgan fingerprint density at radius 3 is 2.65 bits per heavy atom. The first kappa shape index (κ1) is 13.8. The van der Waals surface area contributed by atoms with Crippen LogP contribution in [0.5, 0.6) is 0 Å². The second-order valence-corrected chi connectivity index (χ2v) is 4.47. The maximum atomic E-state index is 5.77. The predicted molar refractivity (Wildman–Crippen MR) is 73.5 cm³/mol. The van der Waals surface area contributed by atoms with Crippen LogP contribution in [-0.2, 0) is 4.74 Å². The van der Waals surface area contributed by atoms with Gasteiger partial charge in [-0.3, -0.25) is 0 Å². The number of anilines is 2. The van der Waals surface area contributed by atoms with E-state index < -0.39 is 0 Å². The molecule has 0 unspecified atom stereocenters. The number of hydrogen-bond donors (Lipinski definition) is 2. The Morgan fingerprint density at radius 2 is 2.00 bits per heavy atom. The normalized spacial score (nSPS) is 10.8. The Balaban J connectivity index is 2.18. The van der Waals surface area contributed by atoms with Gasteiger partial charge in [0.25, 0.3) is 0 Å². The van der Waals surface area contributed by atoms with Crippen LogP contribution in [0.1, 0.15) is 5.56 Å². The number of hydrogen-bond acceptors (Lipinski definition) is 4. The van der Waals surface area contributed by atoms with Crippen LogP contribution in [0.4, 0.5) is 11.4 Å². The molecule has 0 aliphatic rings. The molecule has 0 radical (unpaired) electrons. The summed E-state index contributed by atoms with van der Waals surface area (Å²) in [7, 11) is 4.08. The Hall–Kier alpha value is -1.26. The number of ether oxygens (including phenoxy) is 1. The van der Waals surface area contributed by atoms with Crippen molar-refractivity contribution >= 4 is 11.4 Å². The lowest BCUT2D eigenvalue weighted by Gasteiger charge is -2.11. The third kappa shape index (κ3) is 6.14. The molecule has 0 aliphatic carbocycles. The molecule has 4 heteroatoms. The van der Waals surface area contributed by atoms with E-state index in [4.69, 9.17) is 10.5 Å². The fraction of sp³-hybridized carbons (Fsp3) is 0.538. The topological polar surface area (TPSA) is 50.5 Å². The van der Waals surface area contributed by atoms with Crippen molar-refractivity contribution in [3.63, 3.8) is 0 Å². The Bertz CT molecular complexity index is 319. The summed E-state index contributed by atoms with van der Waals surface area (Å²) in [6.45, 7) is 5.27. The van der Waals surface area contributed by atoms with Crippen LogP contribution in [0.15, 0.2) is 18.2 Å². The minimum Gasteiger partial charge on any atom is -0.399 e. The van der Waals surface area contributed by atoms with E-state index in [2.05, 4.69) is 16.3 Å². The standard InChI is InChI=1S/C13H23N3O/c1-11-8-12(14)10-13(9-11)15-4-6-17-7-5-16(2)3/h8-10,15H,4-7,14H2,1-3H3. The van der Waals surface area contributed by atoms with E-state index in [0.29, 0.717) is 6.61 Å². The van der Waals surface area contributed by atoms with Gasteiger partial charge in [-0.25, -0.2) is 0 Å². The summed E-state index contributed by atoms with van der Waals surface area (Å²) >= 11 is 0. The summed E-state index contributed by atoms with van der Waals surface area (Å²) in [5.74, 6) is 0. The van der Waals surface area contributed by atoms with Crippen LogP contribution in [-0.4, -0.2) is 45.3 Å². The highest BCUT2D eigenvalue weighted by molar-refractivity contribution is 5.56. The molecule has 0 bridgehead atoms. The van der Waals surface area contributed by atoms with Gasteiger partial charge in [0.2, 0.25) is 0 Å². The Labute approximate surface area is 104 Å². The Morgan fingerprint density at radius 1 is 1.24 bits per heavy atom. The SMILES string of the molecule is Cc1cc(N)cc(NCCOCCN(C)C)c1. The third-order valence-electron chi connectivity index (χ3n) is 2.36. The van der Waals surface area contributed by atoms with Crippen LogP contribution in [0.25, 0.3) is 0 Å². The van der Waals surface area contributed by atoms with Gasteiger partial charge in [-0.05, 0) is 44.8 Å². The van der Waals surface area contributed by atoms with Crippen LogP contribution in [0.3, 0.4) is 0 Å². The molecule has 0 saturated heterocycles. The molecule has 96 valence electrons. The summed E-state index contributed by atoms with van der Waals surface area (Å²) < 4.78 is 5.49. The number of likely N-dealkylation sites (N-methyl/N-ethyl adjacent to an activating group) is 1. The van der Waals surface area contributed by atoms with Crippen LogP contribution in [0.2, 0.25) is 0 Å². The lowest BCUT2D eigenvalue weighted by molar-refractivity contribution is 0.126. The molecule has 0 aromatic heterocycles. The van der Waals surface area contributed by atoms with Crippen LogP contribution in [0, 0.1) is 6.92 Å². The number of nitrogens with one attached hydrogen (secondary N) is 1. The van der Waals surface area contributed by atoms with Crippen LogP contribution >= 0.6 is 0 Å². The van der Waals surface area contributed by atoms with Crippen molar-refractivity contribution < 1.29 is 4.74 Å². The molecule has 0 saturated carbocycles. The van der Waals surface area contributed by atoms with Gasteiger partial charge in [0, 0.05) is 24.5 Å². The maximum absolute atomic E-state index is 5.77. The van der Waals surface area contributed by atoms with Gasteiger partial charge < -0.3 is 20.7 Å². The first-order valence-corrected chi connectivity index (χ1v) is 5.91. The third-order valence-corrected chi connectivity index (χ3v) is 2.36. The molecule has 17 heavy (non-hydrogen) atoms. The monoisotopic (exact) mass is 237 g/mol. The van der Waals surface area contributed by atoms with Crippen molar-refractivity contribution in [3.05, 3.63) is 23.8 Å². The van der Waals surface area contributed by atoms with Gasteiger partial charge in [0.15, 0.2) is 0 Å². The summed E-state index contributed by atoms with van der Waals surface area (Å²) in [6, 6.07) is 5.97. The summed E-state index contributed by atoms with van der Waals surface area (Å²) in [5, 5.41) is 3.30. The highest BCUT2D eigenvalue weighted by atomic mass is 16.5. The maximum Gasteiger partial charge on any atom is 0.0639 e. The lowest BCUT2D eigenvalue weighted by Crippen LogP contribution is -2.20. The number of benzene rings is 1. The largest absolute Gasteiger partial charge is 0.399 e. The summed E-state index contributed by atoms with van der Waals surface area (Å²) in [6.07, 6.45) is 0. The molecular formula is C13H23N3O. The number of rotatable bonds is 7.